The van der Waals surface area contributed by atoms with Crippen LogP contribution in [-0.4, -0.2) is 12.0 Å². The maximum absolute atomic E-state index is 5.20. The zero-order chi connectivity index (χ0) is 27.2. The van der Waals surface area contributed by atoms with Gasteiger partial charge in [0.2, 0.25) is 0 Å². The molecule has 3 N–H and O–H groups in total. The second-order valence-electron chi connectivity index (χ2n) is 10.8. The Morgan fingerprint density at radius 1 is 0.683 bits per heavy atom. The lowest BCUT2D eigenvalue weighted by molar-refractivity contribution is 0.426. The van der Waals surface area contributed by atoms with E-state index in [2.05, 4.69) is 137 Å². The van der Waals surface area contributed by atoms with Crippen LogP contribution in [0.1, 0.15) is 45.8 Å². The molecule has 5 heteroatoms. The van der Waals surface area contributed by atoms with Gasteiger partial charge in [0.05, 0.1) is 0 Å². The molecule has 2 aliphatic heterocycles. The molecular formula is C36H30N4S. The molecule has 0 bridgehead atoms. The smallest absolute Gasteiger partial charge is 0.131 e. The minimum absolute atomic E-state index is 0.0199. The van der Waals surface area contributed by atoms with Crippen molar-refractivity contribution in [2.75, 3.05) is 5.32 Å². The first-order valence-electron chi connectivity index (χ1n) is 14.3. The van der Waals surface area contributed by atoms with E-state index in [0.717, 1.165) is 24.2 Å². The number of thioether (sulfide) groups is 1. The SMILES string of the molecule is C1=C(C2N=C(c3ccccc3)NC(c3ccccc3)N2)CCc2c1ccc1ccc3c(c21)SC(c1ccccc1)N3. The molecule has 2 heterocycles. The van der Waals surface area contributed by atoms with Crippen molar-refractivity contribution in [2.45, 2.75) is 35.4 Å². The Morgan fingerprint density at radius 2 is 1.39 bits per heavy atom. The Bertz CT molecular complexity index is 1800. The number of anilines is 1. The molecule has 5 aromatic carbocycles. The van der Waals surface area contributed by atoms with Gasteiger partial charge in [-0.05, 0) is 52.1 Å². The standard InChI is InChI=1S/C36H30N4S/c1-4-10-24(11-5-1)33-38-34(25-12-6-2-7-13-25)40-35(39-33)28-18-20-29-27(22-28)17-16-23-19-21-30-32(31(23)29)41-36(37-30)26-14-8-3-9-15-26/h1-17,19,21-22,33,35-37,39H,18,20H2,(H,38,40). The Morgan fingerprint density at radius 3 is 2.17 bits per heavy atom. The third-order valence-electron chi connectivity index (χ3n) is 8.31. The Balaban J connectivity index is 1.17. The number of benzene rings is 5. The molecule has 0 saturated heterocycles. The first-order chi connectivity index (χ1) is 20.3. The van der Waals surface area contributed by atoms with Gasteiger partial charge in [-0.3, -0.25) is 5.32 Å². The molecule has 0 amide bonds. The highest BCUT2D eigenvalue weighted by Crippen LogP contribution is 2.51. The summed E-state index contributed by atoms with van der Waals surface area (Å²) in [5.74, 6) is 0.931. The van der Waals surface area contributed by atoms with E-state index in [0.29, 0.717) is 0 Å². The Labute approximate surface area is 244 Å². The number of amidine groups is 1. The van der Waals surface area contributed by atoms with Crippen molar-refractivity contribution >= 4 is 40.1 Å². The lowest BCUT2D eigenvalue weighted by Gasteiger charge is -2.34. The van der Waals surface area contributed by atoms with E-state index in [1.165, 1.54) is 49.2 Å². The maximum Gasteiger partial charge on any atom is 0.131 e. The second kappa shape index (κ2) is 10.3. The summed E-state index contributed by atoms with van der Waals surface area (Å²) in [5, 5.41) is 14.2. The minimum Gasteiger partial charge on any atom is -0.368 e. The average molecular weight is 551 g/mol. The van der Waals surface area contributed by atoms with Crippen molar-refractivity contribution in [2.24, 2.45) is 4.99 Å². The molecule has 0 spiro atoms. The first kappa shape index (κ1) is 24.5. The van der Waals surface area contributed by atoms with E-state index >= 15 is 0 Å². The summed E-state index contributed by atoms with van der Waals surface area (Å²) >= 11 is 1.94. The zero-order valence-corrected chi connectivity index (χ0v) is 23.4. The molecular weight excluding hydrogens is 520 g/mol. The summed E-state index contributed by atoms with van der Waals surface area (Å²) in [5.41, 5.74) is 8.95. The molecule has 0 radical (unpaired) electrons. The van der Waals surface area contributed by atoms with Gasteiger partial charge in [-0.1, -0.05) is 127 Å². The van der Waals surface area contributed by atoms with Gasteiger partial charge < -0.3 is 10.6 Å². The van der Waals surface area contributed by atoms with Crippen molar-refractivity contribution in [1.82, 2.24) is 10.6 Å². The molecule has 3 unspecified atom stereocenters. The number of aliphatic imine (C=N–C) groups is 1. The summed E-state index contributed by atoms with van der Waals surface area (Å²) < 4.78 is 0. The molecule has 0 aromatic heterocycles. The molecule has 200 valence electrons. The van der Waals surface area contributed by atoms with Gasteiger partial charge in [0, 0.05) is 21.5 Å². The Hall–Kier alpha value is -4.32. The monoisotopic (exact) mass is 550 g/mol. The molecule has 41 heavy (non-hydrogen) atoms. The van der Waals surface area contributed by atoms with E-state index < -0.39 is 0 Å². The molecule has 3 atom stereocenters. The fraction of sp³-hybridized carbons (Fsp3) is 0.139. The van der Waals surface area contributed by atoms with Crippen LogP contribution in [0.25, 0.3) is 16.8 Å². The van der Waals surface area contributed by atoms with Crippen molar-refractivity contribution in [3.05, 3.63) is 149 Å². The van der Waals surface area contributed by atoms with E-state index in [1.54, 1.807) is 0 Å². The summed E-state index contributed by atoms with van der Waals surface area (Å²) in [4.78, 5) is 6.57. The van der Waals surface area contributed by atoms with Crippen LogP contribution < -0.4 is 16.0 Å². The number of hydrogen-bond acceptors (Lipinski definition) is 5. The van der Waals surface area contributed by atoms with Crippen LogP contribution in [0.3, 0.4) is 0 Å². The van der Waals surface area contributed by atoms with E-state index in [-0.39, 0.29) is 17.7 Å². The minimum atomic E-state index is -0.0968. The van der Waals surface area contributed by atoms with Gasteiger partial charge in [-0.2, -0.15) is 0 Å². The quantitative estimate of drug-likeness (QED) is 0.212. The zero-order valence-electron chi connectivity index (χ0n) is 22.5. The summed E-state index contributed by atoms with van der Waals surface area (Å²) in [6.07, 6.45) is 4.25. The van der Waals surface area contributed by atoms with Crippen molar-refractivity contribution in [3.63, 3.8) is 0 Å². The van der Waals surface area contributed by atoms with Crippen LogP contribution in [0.4, 0.5) is 5.69 Å². The molecule has 4 nitrogen and oxygen atoms in total. The van der Waals surface area contributed by atoms with Gasteiger partial charge >= 0.3 is 0 Å². The molecule has 0 fully saturated rings. The van der Waals surface area contributed by atoms with Gasteiger partial charge in [0.25, 0.3) is 0 Å². The van der Waals surface area contributed by atoms with Crippen molar-refractivity contribution < 1.29 is 0 Å². The molecule has 5 aromatic rings. The number of hydrogen-bond donors (Lipinski definition) is 3. The lowest BCUT2D eigenvalue weighted by Crippen LogP contribution is -2.49. The second-order valence-corrected chi connectivity index (χ2v) is 12.0. The normalized spacial score (nSPS) is 21.2. The van der Waals surface area contributed by atoms with Crippen LogP contribution in [0.5, 0.6) is 0 Å². The average Bonchev–Trinajstić information content (AvgIpc) is 3.50. The topological polar surface area (TPSA) is 48.5 Å². The highest BCUT2D eigenvalue weighted by Gasteiger charge is 2.30. The highest BCUT2D eigenvalue weighted by molar-refractivity contribution is 8.00. The summed E-state index contributed by atoms with van der Waals surface area (Å²) in [6, 6.07) is 40.9. The fourth-order valence-corrected chi connectivity index (χ4v) is 7.57. The van der Waals surface area contributed by atoms with Crippen molar-refractivity contribution in [1.29, 1.82) is 0 Å². The number of aryl methyl sites for hydroxylation is 1. The largest absolute Gasteiger partial charge is 0.368 e. The number of fused-ring (bicyclic) bond motifs is 5. The Kier molecular flexibility index (Phi) is 6.12. The third-order valence-corrected chi connectivity index (χ3v) is 9.59. The van der Waals surface area contributed by atoms with Crippen molar-refractivity contribution in [3.8, 4) is 0 Å². The van der Waals surface area contributed by atoms with Gasteiger partial charge in [0.1, 0.15) is 23.5 Å². The number of rotatable bonds is 4. The van der Waals surface area contributed by atoms with Crippen LogP contribution in [-0.2, 0) is 6.42 Å². The highest BCUT2D eigenvalue weighted by atomic mass is 32.2. The van der Waals surface area contributed by atoms with Crippen LogP contribution >= 0.6 is 11.8 Å². The number of nitrogens with zero attached hydrogens (tertiary/aromatic N) is 1. The molecule has 8 rings (SSSR count). The molecule has 0 saturated carbocycles. The molecule has 1 aliphatic carbocycles. The summed E-state index contributed by atoms with van der Waals surface area (Å²) in [6.45, 7) is 0. The predicted molar refractivity (Wildman–Crippen MR) is 171 cm³/mol. The summed E-state index contributed by atoms with van der Waals surface area (Å²) in [7, 11) is 0. The third kappa shape index (κ3) is 4.51. The van der Waals surface area contributed by atoms with E-state index in [4.69, 9.17) is 4.99 Å². The van der Waals surface area contributed by atoms with Crippen LogP contribution in [0.15, 0.2) is 131 Å². The maximum atomic E-state index is 5.20. The van der Waals surface area contributed by atoms with Crippen LogP contribution in [0.2, 0.25) is 0 Å². The van der Waals surface area contributed by atoms with Crippen LogP contribution in [0, 0.1) is 0 Å². The fourth-order valence-electron chi connectivity index (χ4n) is 6.25. The lowest BCUT2D eigenvalue weighted by atomic mass is 9.87. The predicted octanol–water partition coefficient (Wildman–Crippen LogP) is 8.05. The van der Waals surface area contributed by atoms with Gasteiger partial charge in [-0.15, -0.1) is 0 Å². The van der Waals surface area contributed by atoms with E-state index in [9.17, 15) is 0 Å². The number of nitrogens with one attached hydrogen (secondary N) is 3. The first-order valence-corrected chi connectivity index (χ1v) is 15.2. The van der Waals surface area contributed by atoms with Gasteiger partial charge in [0.15, 0.2) is 0 Å². The van der Waals surface area contributed by atoms with Gasteiger partial charge in [-0.25, -0.2) is 4.99 Å². The van der Waals surface area contributed by atoms with E-state index in [1.807, 2.05) is 11.8 Å². The molecule has 3 aliphatic rings.